The molecule has 0 aliphatic heterocycles. The molecule has 8 nitrogen and oxygen atoms in total. The second-order valence-corrected chi connectivity index (χ2v) is 7.60. The predicted octanol–water partition coefficient (Wildman–Crippen LogP) is 3.60. The Morgan fingerprint density at radius 3 is 2.58 bits per heavy atom. The van der Waals surface area contributed by atoms with Gasteiger partial charge in [0, 0.05) is 40.7 Å². The maximum atomic E-state index is 13.5. The van der Waals surface area contributed by atoms with Crippen molar-refractivity contribution in [1.82, 2.24) is 25.1 Å². The summed E-state index contributed by atoms with van der Waals surface area (Å²) in [5, 5.41) is 23.6. The first kappa shape index (κ1) is 20.5. The first-order chi connectivity index (χ1) is 16.1. The van der Waals surface area contributed by atoms with Gasteiger partial charge in [-0.05, 0) is 18.6 Å². The fraction of sp³-hybridized carbons (Fsp3) is 0.0800. The second kappa shape index (κ2) is 8.25. The van der Waals surface area contributed by atoms with Crippen LogP contribution in [0.3, 0.4) is 0 Å². The fourth-order valence-corrected chi connectivity index (χ4v) is 3.87. The molecule has 33 heavy (non-hydrogen) atoms. The van der Waals surface area contributed by atoms with E-state index in [2.05, 4.69) is 30.5 Å². The summed E-state index contributed by atoms with van der Waals surface area (Å²) >= 11 is 0. The first-order valence-electron chi connectivity index (χ1n) is 10.3. The van der Waals surface area contributed by atoms with E-state index in [0.717, 1.165) is 27.6 Å². The van der Waals surface area contributed by atoms with Crippen molar-refractivity contribution in [3.05, 3.63) is 103 Å². The molecule has 1 atom stereocenters. The van der Waals surface area contributed by atoms with E-state index in [1.54, 1.807) is 49.1 Å². The van der Waals surface area contributed by atoms with Crippen LogP contribution in [-0.4, -0.2) is 36.2 Å². The van der Waals surface area contributed by atoms with Gasteiger partial charge in [0.1, 0.15) is 0 Å². The van der Waals surface area contributed by atoms with Gasteiger partial charge in [-0.2, -0.15) is 10.2 Å². The zero-order chi connectivity index (χ0) is 22.8. The zero-order valence-corrected chi connectivity index (χ0v) is 17.7. The molecule has 8 heteroatoms. The highest BCUT2D eigenvalue weighted by Crippen LogP contribution is 2.33. The van der Waals surface area contributed by atoms with E-state index in [4.69, 9.17) is 0 Å². The number of pyridine rings is 1. The summed E-state index contributed by atoms with van der Waals surface area (Å²) in [6, 6.07) is 16.4. The number of nitrogens with one attached hydrogen (secondary N) is 2. The number of fused-ring (bicyclic) bond motifs is 1. The van der Waals surface area contributed by atoms with Crippen molar-refractivity contribution in [3.63, 3.8) is 0 Å². The molecule has 0 aliphatic rings. The maximum absolute atomic E-state index is 13.5. The summed E-state index contributed by atoms with van der Waals surface area (Å²) in [4.78, 5) is 24.8. The van der Waals surface area contributed by atoms with Gasteiger partial charge < -0.3 is 15.4 Å². The Balaban J connectivity index is 1.57. The molecule has 5 aromatic rings. The minimum Gasteiger partial charge on any atom is -0.369 e. The summed E-state index contributed by atoms with van der Waals surface area (Å²) in [6.45, 7) is 1.89. The Morgan fingerprint density at radius 1 is 1.00 bits per heavy atom. The lowest BCUT2D eigenvalue weighted by atomic mass is 9.91. The second-order valence-electron chi connectivity index (χ2n) is 7.60. The number of anilines is 1. The van der Waals surface area contributed by atoms with Gasteiger partial charge in [0.15, 0.2) is 5.82 Å². The van der Waals surface area contributed by atoms with E-state index < -0.39 is 11.5 Å². The Bertz CT molecular complexity index is 1430. The third-order valence-corrected chi connectivity index (χ3v) is 5.66. The molecular weight excluding hydrogens is 416 g/mol. The third-order valence-electron chi connectivity index (χ3n) is 5.66. The number of carbonyl (C=O) groups is 1. The zero-order valence-electron chi connectivity index (χ0n) is 17.7. The van der Waals surface area contributed by atoms with E-state index >= 15 is 0 Å². The van der Waals surface area contributed by atoms with E-state index in [-0.39, 0.29) is 5.82 Å². The standard InChI is InChI=1S/C25H20N6O2/c1-16-19(20-14-29-31-21-10-6-5-9-18(20)21)13-26-15-22(16)30-24(32)25(33,23-27-11-12-28-23)17-7-3-2-4-8-17/h2-15,33H,1H3,(H,27,28)(H,30,32). The van der Waals surface area contributed by atoms with Gasteiger partial charge in [-0.1, -0.05) is 48.5 Å². The van der Waals surface area contributed by atoms with Gasteiger partial charge in [-0.15, -0.1) is 0 Å². The van der Waals surface area contributed by atoms with Crippen LogP contribution >= 0.6 is 0 Å². The lowest BCUT2D eigenvalue weighted by Crippen LogP contribution is -2.42. The summed E-state index contributed by atoms with van der Waals surface area (Å²) < 4.78 is 0. The number of carbonyl (C=O) groups excluding carboxylic acids is 1. The molecule has 3 aromatic heterocycles. The number of rotatable bonds is 5. The first-order valence-corrected chi connectivity index (χ1v) is 10.3. The van der Waals surface area contributed by atoms with Crippen LogP contribution in [0.15, 0.2) is 85.6 Å². The van der Waals surface area contributed by atoms with Crippen LogP contribution in [0.2, 0.25) is 0 Å². The summed E-state index contributed by atoms with van der Waals surface area (Å²) in [6.07, 6.45) is 8.02. The minimum atomic E-state index is -2.02. The highest BCUT2D eigenvalue weighted by molar-refractivity contribution is 6.01. The Kier molecular flexibility index (Phi) is 5.12. The largest absolute Gasteiger partial charge is 0.369 e. The van der Waals surface area contributed by atoms with Gasteiger partial charge in [-0.3, -0.25) is 9.78 Å². The molecular formula is C25H20N6O2. The molecule has 0 bridgehead atoms. The number of aromatic nitrogens is 5. The van der Waals surface area contributed by atoms with Crippen molar-refractivity contribution in [3.8, 4) is 11.1 Å². The number of hydrogen-bond donors (Lipinski definition) is 3. The van der Waals surface area contributed by atoms with Crippen LogP contribution in [0.1, 0.15) is 17.0 Å². The average Bonchev–Trinajstić information content (AvgIpc) is 3.41. The molecule has 1 amide bonds. The van der Waals surface area contributed by atoms with Crippen LogP contribution in [0.25, 0.3) is 22.0 Å². The number of amides is 1. The van der Waals surface area contributed by atoms with Gasteiger partial charge in [-0.25, -0.2) is 4.98 Å². The molecule has 0 spiro atoms. The average molecular weight is 436 g/mol. The molecule has 0 saturated heterocycles. The van der Waals surface area contributed by atoms with Crippen molar-refractivity contribution >= 4 is 22.5 Å². The van der Waals surface area contributed by atoms with Crippen molar-refractivity contribution < 1.29 is 9.90 Å². The molecule has 5 rings (SSSR count). The third kappa shape index (κ3) is 3.52. The highest BCUT2D eigenvalue weighted by Gasteiger charge is 2.42. The Hall–Kier alpha value is -4.43. The smallest absolute Gasteiger partial charge is 0.269 e. The van der Waals surface area contributed by atoms with Crippen LogP contribution < -0.4 is 5.32 Å². The monoisotopic (exact) mass is 436 g/mol. The fourth-order valence-electron chi connectivity index (χ4n) is 3.87. The van der Waals surface area contributed by atoms with E-state index in [9.17, 15) is 9.90 Å². The SMILES string of the molecule is Cc1c(NC(=O)C(O)(c2ccccc2)c2ncc[nH]2)cncc1-c1cnnc2ccccc12. The van der Waals surface area contributed by atoms with Crippen LogP contribution in [0, 0.1) is 6.92 Å². The molecule has 2 aromatic carbocycles. The van der Waals surface area contributed by atoms with E-state index in [0.29, 0.717) is 11.3 Å². The van der Waals surface area contributed by atoms with Crippen molar-refractivity contribution in [2.24, 2.45) is 0 Å². The van der Waals surface area contributed by atoms with Crippen LogP contribution in [-0.2, 0) is 10.4 Å². The number of aliphatic hydroxyl groups is 1. The molecule has 162 valence electrons. The predicted molar refractivity (Wildman–Crippen MR) is 124 cm³/mol. The number of hydrogen-bond acceptors (Lipinski definition) is 6. The molecule has 0 fully saturated rings. The maximum Gasteiger partial charge on any atom is 0.269 e. The quantitative estimate of drug-likeness (QED) is 0.388. The molecule has 0 saturated carbocycles. The Morgan fingerprint density at radius 2 is 1.79 bits per heavy atom. The molecule has 1 unspecified atom stereocenters. The lowest BCUT2D eigenvalue weighted by Gasteiger charge is -2.26. The van der Waals surface area contributed by atoms with Crippen LogP contribution in [0.5, 0.6) is 0 Å². The molecule has 3 heterocycles. The van der Waals surface area contributed by atoms with Gasteiger partial charge in [0.2, 0.25) is 5.60 Å². The van der Waals surface area contributed by atoms with Gasteiger partial charge in [0.05, 0.1) is 23.6 Å². The number of imidazole rings is 1. The summed E-state index contributed by atoms with van der Waals surface area (Å²) in [5.74, 6) is -0.527. The van der Waals surface area contributed by atoms with Crippen LogP contribution in [0.4, 0.5) is 5.69 Å². The summed E-state index contributed by atoms with van der Waals surface area (Å²) in [7, 11) is 0. The van der Waals surface area contributed by atoms with E-state index in [1.807, 2.05) is 37.3 Å². The van der Waals surface area contributed by atoms with Gasteiger partial charge in [0.25, 0.3) is 5.91 Å². The van der Waals surface area contributed by atoms with Crippen molar-refractivity contribution in [2.45, 2.75) is 12.5 Å². The topological polar surface area (TPSA) is 117 Å². The number of H-pyrrole nitrogens is 1. The minimum absolute atomic E-state index is 0.122. The summed E-state index contributed by atoms with van der Waals surface area (Å²) in [5.41, 5.74) is 2.05. The molecule has 0 radical (unpaired) electrons. The van der Waals surface area contributed by atoms with E-state index in [1.165, 1.54) is 6.20 Å². The van der Waals surface area contributed by atoms with Gasteiger partial charge >= 0.3 is 0 Å². The lowest BCUT2D eigenvalue weighted by molar-refractivity contribution is -0.131. The number of nitrogens with zero attached hydrogens (tertiary/aromatic N) is 4. The number of benzene rings is 2. The van der Waals surface area contributed by atoms with Crippen molar-refractivity contribution in [2.75, 3.05) is 5.32 Å². The highest BCUT2D eigenvalue weighted by atomic mass is 16.3. The molecule has 0 aliphatic carbocycles. The number of aromatic amines is 1. The Labute approximate surface area is 189 Å². The normalized spacial score (nSPS) is 12.9. The molecule has 3 N–H and O–H groups in total. The van der Waals surface area contributed by atoms with Crippen molar-refractivity contribution in [1.29, 1.82) is 0 Å².